The van der Waals surface area contributed by atoms with E-state index in [4.69, 9.17) is 16.2 Å². The van der Waals surface area contributed by atoms with Gasteiger partial charge >= 0.3 is 11.9 Å². The summed E-state index contributed by atoms with van der Waals surface area (Å²) in [7, 11) is 1.66. The number of amides is 3. The number of nitrogens with zero attached hydrogens (tertiary/aromatic N) is 8. The third kappa shape index (κ3) is 9.50. The molecule has 2 aromatic heterocycles. The number of aryl methyl sites for hydroxylation is 1. The summed E-state index contributed by atoms with van der Waals surface area (Å²) in [6.07, 6.45) is 2.96. The molecule has 3 aromatic rings. The van der Waals surface area contributed by atoms with Gasteiger partial charge in [0.1, 0.15) is 17.6 Å². The molecular formula is C43H51F3N12O5. The number of halogens is 3. The van der Waals surface area contributed by atoms with Crippen LogP contribution in [0.5, 0.6) is 0 Å². The summed E-state index contributed by atoms with van der Waals surface area (Å²) in [4.78, 5) is 70.9. The van der Waals surface area contributed by atoms with Gasteiger partial charge in [0.25, 0.3) is 5.91 Å². The highest BCUT2D eigenvalue weighted by Gasteiger charge is 2.40. The van der Waals surface area contributed by atoms with Gasteiger partial charge in [-0.05, 0) is 62.6 Å². The van der Waals surface area contributed by atoms with Gasteiger partial charge in [-0.25, -0.2) is 14.8 Å². The number of nitrogens with one attached hydrogen (secondary N) is 2. The van der Waals surface area contributed by atoms with Crippen molar-refractivity contribution < 1.29 is 32.3 Å². The molecule has 1 aromatic carbocycles. The van der Waals surface area contributed by atoms with Gasteiger partial charge in [0.15, 0.2) is 5.82 Å². The summed E-state index contributed by atoms with van der Waals surface area (Å²) < 4.78 is 50.3. The minimum Gasteiger partial charge on any atom is -0.404 e. The third-order valence-corrected chi connectivity index (χ3v) is 12.7. The number of piperidine rings is 1. The number of imide groups is 1. The largest absolute Gasteiger partial charge is 0.432 e. The highest BCUT2D eigenvalue weighted by Crippen LogP contribution is 2.32. The smallest absolute Gasteiger partial charge is 0.404 e. The number of piperazine rings is 1. The maximum Gasteiger partial charge on any atom is 0.432 e. The van der Waals surface area contributed by atoms with E-state index >= 15 is 0 Å². The first-order valence-corrected chi connectivity index (χ1v) is 21.3. The molecule has 5 aliphatic rings. The number of nitrogens with two attached hydrogens (primary N) is 2. The van der Waals surface area contributed by atoms with Crippen molar-refractivity contribution in [2.45, 2.75) is 75.4 Å². The van der Waals surface area contributed by atoms with Crippen LogP contribution in [0.15, 0.2) is 57.8 Å². The van der Waals surface area contributed by atoms with Crippen molar-refractivity contribution in [2.75, 3.05) is 57.3 Å². The van der Waals surface area contributed by atoms with Crippen LogP contribution in [0.3, 0.4) is 0 Å². The van der Waals surface area contributed by atoms with Crippen LogP contribution in [0.4, 0.5) is 19.0 Å². The first-order chi connectivity index (χ1) is 30.3. The zero-order valence-electron chi connectivity index (χ0n) is 34.9. The van der Waals surface area contributed by atoms with Crippen molar-refractivity contribution in [1.82, 2.24) is 39.5 Å². The van der Waals surface area contributed by atoms with Crippen LogP contribution in [-0.4, -0.2) is 130 Å². The number of hydrogen-bond acceptors (Lipinski definition) is 13. The van der Waals surface area contributed by atoms with E-state index in [9.17, 15) is 32.3 Å². The molecule has 0 spiro atoms. The number of carbonyl (C=O) groups is 3. The second kappa shape index (κ2) is 18.4. The summed E-state index contributed by atoms with van der Waals surface area (Å²) in [5.74, 6) is 5.68. The lowest BCUT2D eigenvalue weighted by Crippen LogP contribution is -2.48. The molecule has 3 amide bonds. The Kier molecular flexibility index (Phi) is 12.7. The zero-order valence-corrected chi connectivity index (χ0v) is 34.9. The van der Waals surface area contributed by atoms with E-state index in [0.717, 1.165) is 64.4 Å². The minimum absolute atomic E-state index is 0.0343. The molecule has 63 heavy (non-hydrogen) atoms. The number of allylic oxidation sites excluding steroid dienone is 2. The highest BCUT2D eigenvalue weighted by molar-refractivity contribution is 6.19. The molecule has 1 aliphatic carbocycles. The summed E-state index contributed by atoms with van der Waals surface area (Å²) >= 11 is 0. The number of aromatic nitrogens is 4. The van der Waals surface area contributed by atoms with Crippen molar-refractivity contribution in [3.05, 3.63) is 69.9 Å². The average Bonchev–Trinajstić information content (AvgIpc) is 3.98. The van der Waals surface area contributed by atoms with Crippen molar-refractivity contribution in [1.29, 1.82) is 0 Å². The maximum atomic E-state index is 13.9. The fourth-order valence-electron chi connectivity index (χ4n) is 9.25. The van der Waals surface area contributed by atoms with Crippen molar-refractivity contribution in [3.8, 4) is 11.8 Å². The number of rotatable bonds is 10. The number of alkyl halides is 3. The van der Waals surface area contributed by atoms with Gasteiger partial charge in [-0.15, -0.1) is 0 Å². The predicted octanol–water partition coefficient (Wildman–Crippen LogP) is 1.53. The number of fused-ring (bicyclic) bond motifs is 3. The van der Waals surface area contributed by atoms with Crippen LogP contribution < -0.4 is 32.7 Å². The molecule has 1 unspecified atom stereocenters. The molecule has 334 valence electrons. The van der Waals surface area contributed by atoms with Gasteiger partial charge < -0.3 is 31.3 Å². The summed E-state index contributed by atoms with van der Waals surface area (Å²) in [5.41, 5.74) is 10.5. The number of carbonyl (C=O) groups excluding carboxylic acids is 3. The minimum atomic E-state index is -4.92. The molecule has 8 rings (SSSR count). The lowest BCUT2D eigenvalue weighted by Gasteiger charge is -2.37. The van der Waals surface area contributed by atoms with Gasteiger partial charge in [0.2, 0.25) is 11.8 Å². The molecule has 20 heteroatoms. The Morgan fingerprint density at radius 3 is 2.52 bits per heavy atom. The number of aliphatic imine (C=N–C) groups is 1. The molecule has 2 bridgehead atoms. The van der Waals surface area contributed by atoms with Gasteiger partial charge in [-0.3, -0.25) is 38.7 Å². The first-order valence-electron chi connectivity index (χ1n) is 21.3. The standard InChI is InChI=1S/C43H51F3N12O5/c1-54-37-27(4-2-6-33(37)58(42(54)62)34-11-12-36(59)53-41(34)61)5-3-15-55-16-18-56(19-17-55)23-26-7-9-28(10-8-26)50-22-32(38(48)43(44,45)46)51-40(60)31(21-47)39-49-14-13-35(52-39)57-24-30-20-29(57)25-63-30/h2,4,6,13-14,21-22,26,28-30,34H,7-12,15-20,23-25,47-48H2,1H3,(H,51,60)(H,53,59,61)/b31-21+,38-32+,50-22?/t26?,28?,29-,30-,34?/m1/s1. The number of para-hydroxylation sites is 1. The fraction of sp³-hybridized carbons (Fsp3) is 0.512. The SMILES string of the molecule is Cn1c(=O)n(C2CCC(=O)NC2=O)c2cccc(C#CCN3CCN(CC4CCC(N=C/C(NC(=O)/C(=C/N)c5nccc(N6C[C@H]7C[C@@H]6CO7)n5)=C(\N)C(F)(F)F)CC4)CC3)c21. The molecular weight excluding hydrogens is 822 g/mol. The van der Waals surface area contributed by atoms with Crippen LogP contribution in [0.2, 0.25) is 0 Å². The molecule has 0 radical (unpaired) electrons. The number of anilines is 1. The van der Waals surface area contributed by atoms with Crippen LogP contribution in [-0.2, 0) is 26.2 Å². The Bertz CT molecular complexity index is 2470. The topological polar surface area (TPSA) is 211 Å². The van der Waals surface area contributed by atoms with E-state index in [-0.39, 0.29) is 54.0 Å². The molecule has 17 nitrogen and oxygen atoms in total. The molecule has 6 heterocycles. The second-order valence-electron chi connectivity index (χ2n) is 16.8. The van der Waals surface area contributed by atoms with E-state index in [1.165, 1.54) is 15.3 Å². The van der Waals surface area contributed by atoms with E-state index in [0.29, 0.717) is 60.9 Å². The summed E-state index contributed by atoms with van der Waals surface area (Å²) in [6.45, 7) is 6.05. The van der Waals surface area contributed by atoms with E-state index in [1.54, 1.807) is 19.2 Å². The molecule has 4 aliphatic heterocycles. The number of ether oxygens (including phenoxy) is 1. The van der Waals surface area contributed by atoms with Crippen LogP contribution >= 0.6 is 0 Å². The molecule has 4 saturated heterocycles. The quantitative estimate of drug-likeness (QED) is 0.0990. The summed E-state index contributed by atoms with van der Waals surface area (Å²) in [6, 6.07) is 6.30. The lowest BCUT2D eigenvalue weighted by atomic mass is 9.86. The molecule has 6 N–H and O–H groups in total. The molecule has 3 atom stereocenters. The van der Waals surface area contributed by atoms with Gasteiger partial charge in [0, 0.05) is 71.3 Å². The normalized spacial score (nSPS) is 25.3. The number of morpholine rings is 1. The Balaban J connectivity index is 0.818. The van der Waals surface area contributed by atoms with Crippen LogP contribution in [0, 0.1) is 17.8 Å². The summed E-state index contributed by atoms with van der Waals surface area (Å²) in [5, 5.41) is 4.61. The Morgan fingerprint density at radius 2 is 1.84 bits per heavy atom. The Labute approximate surface area is 361 Å². The Morgan fingerprint density at radius 1 is 1.08 bits per heavy atom. The third-order valence-electron chi connectivity index (χ3n) is 12.7. The zero-order chi connectivity index (χ0) is 44.4. The van der Waals surface area contributed by atoms with Gasteiger partial charge in [0.05, 0.1) is 59.2 Å². The number of benzene rings is 1. The van der Waals surface area contributed by atoms with Crippen molar-refractivity contribution >= 4 is 46.4 Å². The molecule has 5 fully saturated rings. The first kappa shape index (κ1) is 43.6. The van der Waals surface area contributed by atoms with Crippen LogP contribution in [0.25, 0.3) is 16.6 Å². The van der Waals surface area contributed by atoms with E-state index in [2.05, 4.69) is 52.1 Å². The Hall–Kier alpha value is -6.04. The number of imidazole rings is 1. The number of hydrogen-bond donors (Lipinski definition) is 4. The second-order valence-corrected chi connectivity index (χ2v) is 16.8. The van der Waals surface area contributed by atoms with Gasteiger partial charge in [-0.1, -0.05) is 17.9 Å². The average molecular weight is 873 g/mol. The monoisotopic (exact) mass is 872 g/mol. The molecule has 1 saturated carbocycles. The van der Waals surface area contributed by atoms with Gasteiger partial charge in [-0.2, -0.15) is 13.2 Å². The van der Waals surface area contributed by atoms with E-state index < -0.39 is 35.4 Å². The fourth-order valence-corrected chi connectivity index (χ4v) is 9.25. The predicted molar refractivity (Wildman–Crippen MR) is 228 cm³/mol. The van der Waals surface area contributed by atoms with E-state index in [1.807, 2.05) is 12.1 Å². The lowest BCUT2D eigenvalue weighted by molar-refractivity contribution is -0.135. The van der Waals surface area contributed by atoms with Crippen molar-refractivity contribution in [3.63, 3.8) is 0 Å². The maximum absolute atomic E-state index is 13.9. The highest BCUT2D eigenvalue weighted by atomic mass is 19.4. The van der Waals surface area contributed by atoms with Crippen LogP contribution in [0.1, 0.15) is 62.4 Å². The van der Waals surface area contributed by atoms with Crippen molar-refractivity contribution in [2.24, 2.45) is 29.4 Å².